The van der Waals surface area contributed by atoms with Gasteiger partial charge in [0, 0.05) is 6.07 Å². The summed E-state index contributed by atoms with van der Waals surface area (Å²) in [6.07, 6.45) is 0. The Bertz CT molecular complexity index is 413. The molecular formula is C12H14BrFO3. The van der Waals surface area contributed by atoms with Gasteiger partial charge in [-0.3, -0.25) is 0 Å². The fraction of sp³-hybridized carbons (Fsp3) is 0.417. The first-order valence-corrected chi connectivity index (χ1v) is 5.87. The van der Waals surface area contributed by atoms with Gasteiger partial charge in [-0.25, -0.2) is 9.18 Å². The molecule has 0 aromatic heterocycles. The van der Waals surface area contributed by atoms with E-state index in [0.717, 1.165) is 0 Å². The molecule has 1 aromatic carbocycles. The van der Waals surface area contributed by atoms with E-state index in [-0.39, 0.29) is 12.4 Å². The molecule has 0 N–H and O–H groups in total. The second-order valence-corrected chi connectivity index (χ2v) is 5.31. The molecule has 0 amide bonds. The van der Waals surface area contributed by atoms with E-state index in [4.69, 9.17) is 9.47 Å². The SMILES string of the molecule is CC(C)(C)OC(=O)COc1ccc(Br)c(F)c1. The van der Waals surface area contributed by atoms with Gasteiger partial charge in [-0.2, -0.15) is 0 Å². The van der Waals surface area contributed by atoms with Crippen molar-refractivity contribution in [2.24, 2.45) is 0 Å². The van der Waals surface area contributed by atoms with Gasteiger partial charge in [0.1, 0.15) is 17.2 Å². The van der Waals surface area contributed by atoms with Crippen LogP contribution in [0.15, 0.2) is 22.7 Å². The Morgan fingerprint density at radius 3 is 2.59 bits per heavy atom. The maximum atomic E-state index is 13.1. The van der Waals surface area contributed by atoms with Gasteiger partial charge in [0.2, 0.25) is 0 Å². The molecule has 0 heterocycles. The highest BCUT2D eigenvalue weighted by Crippen LogP contribution is 2.21. The van der Waals surface area contributed by atoms with Crippen LogP contribution in [0.1, 0.15) is 20.8 Å². The van der Waals surface area contributed by atoms with Crippen LogP contribution >= 0.6 is 15.9 Å². The zero-order valence-corrected chi connectivity index (χ0v) is 11.5. The van der Waals surface area contributed by atoms with Crippen LogP contribution in [0.3, 0.4) is 0 Å². The third kappa shape index (κ3) is 5.17. The number of hydrogen-bond acceptors (Lipinski definition) is 3. The molecule has 0 saturated heterocycles. The van der Waals surface area contributed by atoms with E-state index in [1.54, 1.807) is 26.8 Å². The zero-order chi connectivity index (χ0) is 13.1. The average Bonchev–Trinajstić information content (AvgIpc) is 2.17. The first kappa shape index (κ1) is 14.0. The molecule has 1 aromatic rings. The molecule has 94 valence electrons. The maximum absolute atomic E-state index is 13.1. The highest BCUT2D eigenvalue weighted by Gasteiger charge is 2.16. The van der Waals surface area contributed by atoms with Crippen LogP contribution in [-0.4, -0.2) is 18.2 Å². The van der Waals surface area contributed by atoms with Crippen molar-refractivity contribution < 1.29 is 18.7 Å². The van der Waals surface area contributed by atoms with Crippen LogP contribution in [0.2, 0.25) is 0 Å². The first-order chi connectivity index (χ1) is 7.78. The highest BCUT2D eigenvalue weighted by molar-refractivity contribution is 9.10. The van der Waals surface area contributed by atoms with E-state index >= 15 is 0 Å². The summed E-state index contributed by atoms with van der Waals surface area (Å²) in [5.41, 5.74) is -0.550. The summed E-state index contributed by atoms with van der Waals surface area (Å²) in [7, 11) is 0. The second kappa shape index (κ2) is 5.49. The normalized spacial score (nSPS) is 11.1. The van der Waals surface area contributed by atoms with E-state index in [2.05, 4.69) is 15.9 Å². The molecule has 0 aliphatic rings. The van der Waals surface area contributed by atoms with Gasteiger partial charge in [0.15, 0.2) is 6.61 Å². The van der Waals surface area contributed by atoms with E-state index in [0.29, 0.717) is 4.47 Å². The molecule has 0 spiro atoms. The lowest BCUT2D eigenvalue weighted by Crippen LogP contribution is -2.27. The van der Waals surface area contributed by atoms with Gasteiger partial charge in [-0.05, 0) is 48.8 Å². The summed E-state index contributed by atoms with van der Waals surface area (Å²) in [4.78, 5) is 11.3. The summed E-state index contributed by atoms with van der Waals surface area (Å²) < 4.78 is 23.6. The van der Waals surface area contributed by atoms with Crippen molar-refractivity contribution in [3.63, 3.8) is 0 Å². The summed E-state index contributed by atoms with van der Waals surface area (Å²) in [5.74, 6) is -0.635. The summed E-state index contributed by atoms with van der Waals surface area (Å²) in [5, 5.41) is 0. The number of rotatable bonds is 3. The van der Waals surface area contributed by atoms with Crippen molar-refractivity contribution in [3.05, 3.63) is 28.5 Å². The van der Waals surface area contributed by atoms with Crippen LogP contribution < -0.4 is 4.74 Å². The molecule has 0 fully saturated rings. The fourth-order valence-electron chi connectivity index (χ4n) is 1.08. The standard InChI is InChI=1S/C12H14BrFO3/c1-12(2,3)17-11(15)7-16-8-4-5-9(13)10(14)6-8/h4-6H,7H2,1-3H3. The summed E-state index contributed by atoms with van der Waals surface area (Å²) in [6, 6.07) is 4.28. The molecule has 0 saturated carbocycles. The Balaban J connectivity index is 2.50. The zero-order valence-electron chi connectivity index (χ0n) is 9.92. The highest BCUT2D eigenvalue weighted by atomic mass is 79.9. The second-order valence-electron chi connectivity index (χ2n) is 4.45. The predicted octanol–water partition coefficient (Wildman–Crippen LogP) is 3.31. The minimum absolute atomic E-state index is 0.238. The van der Waals surface area contributed by atoms with Crippen molar-refractivity contribution in [2.45, 2.75) is 26.4 Å². The van der Waals surface area contributed by atoms with Crippen LogP contribution in [0.25, 0.3) is 0 Å². The van der Waals surface area contributed by atoms with Crippen molar-refractivity contribution in [1.82, 2.24) is 0 Å². The Kier molecular flexibility index (Phi) is 4.51. The summed E-state index contributed by atoms with van der Waals surface area (Å²) >= 11 is 3.03. The third-order valence-electron chi connectivity index (χ3n) is 1.67. The Labute approximate surface area is 108 Å². The minimum Gasteiger partial charge on any atom is -0.482 e. The van der Waals surface area contributed by atoms with Crippen LogP contribution in [-0.2, 0) is 9.53 Å². The van der Waals surface area contributed by atoms with Gasteiger partial charge in [0.25, 0.3) is 0 Å². The lowest BCUT2D eigenvalue weighted by Gasteiger charge is -2.19. The monoisotopic (exact) mass is 304 g/mol. The van der Waals surface area contributed by atoms with Gasteiger partial charge < -0.3 is 9.47 Å². The lowest BCUT2D eigenvalue weighted by atomic mass is 10.2. The Morgan fingerprint density at radius 1 is 1.41 bits per heavy atom. The molecule has 0 unspecified atom stereocenters. The van der Waals surface area contributed by atoms with Gasteiger partial charge in [-0.1, -0.05) is 0 Å². The van der Waals surface area contributed by atoms with Crippen LogP contribution in [0.5, 0.6) is 5.75 Å². The first-order valence-electron chi connectivity index (χ1n) is 5.07. The third-order valence-corrected chi connectivity index (χ3v) is 2.31. The molecule has 0 aliphatic carbocycles. The summed E-state index contributed by atoms with van der Waals surface area (Å²) in [6.45, 7) is 5.07. The molecule has 3 nitrogen and oxygen atoms in total. The Morgan fingerprint density at radius 2 is 2.06 bits per heavy atom. The minimum atomic E-state index is -0.550. The number of hydrogen-bond donors (Lipinski definition) is 0. The topological polar surface area (TPSA) is 35.5 Å². The van der Waals surface area contributed by atoms with E-state index < -0.39 is 17.4 Å². The number of halogens is 2. The van der Waals surface area contributed by atoms with Crippen molar-refractivity contribution in [2.75, 3.05) is 6.61 Å². The molecule has 0 radical (unpaired) electrons. The number of carbonyl (C=O) groups is 1. The molecule has 5 heteroatoms. The molecule has 17 heavy (non-hydrogen) atoms. The number of ether oxygens (including phenoxy) is 2. The molecule has 0 bridgehead atoms. The van der Waals surface area contributed by atoms with Gasteiger partial charge in [-0.15, -0.1) is 0 Å². The molecule has 0 aliphatic heterocycles. The average molecular weight is 305 g/mol. The van der Waals surface area contributed by atoms with Crippen molar-refractivity contribution in [3.8, 4) is 5.75 Å². The number of carbonyl (C=O) groups excluding carboxylic acids is 1. The number of esters is 1. The van der Waals surface area contributed by atoms with E-state index in [1.807, 2.05) is 0 Å². The molecule has 1 rings (SSSR count). The van der Waals surface area contributed by atoms with E-state index in [1.165, 1.54) is 12.1 Å². The Hall–Kier alpha value is -1.10. The van der Waals surface area contributed by atoms with Crippen LogP contribution in [0, 0.1) is 5.82 Å². The lowest BCUT2D eigenvalue weighted by molar-refractivity contribution is -0.157. The largest absolute Gasteiger partial charge is 0.482 e. The van der Waals surface area contributed by atoms with Crippen LogP contribution in [0.4, 0.5) is 4.39 Å². The van der Waals surface area contributed by atoms with Gasteiger partial charge in [0.05, 0.1) is 4.47 Å². The fourth-order valence-corrected chi connectivity index (χ4v) is 1.33. The van der Waals surface area contributed by atoms with Gasteiger partial charge >= 0.3 is 5.97 Å². The predicted molar refractivity (Wildman–Crippen MR) is 65.4 cm³/mol. The van der Waals surface area contributed by atoms with Crippen molar-refractivity contribution in [1.29, 1.82) is 0 Å². The van der Waals surface area contributed by atoms with Crippen molar-refractivity contribution >= 4 is 21.9 Å². The smallest absolute Gasteiger partial charge is 0.344 e. The molecule has 0 atom stereocenters. The maximum Gasteiger partial charge on any atom is 0.344 e. The van der Waals surface area contributed by atoms with E-state index in [9.17, 15) is 9.18 Å². The number of benzene rings is 1. The molecular weight excluding hydrogens is 291 g/mol. The quantitative estimate of drug-likeness (QED) is 0.804.